The maximum Gasteiger partial charge on any atom is 0.106 e. The highest BCUT2D eigenvalue weighted by Gasteiger charge is 2.27. The predicted octanol–water partition coefficient (Wildman–Crippen LogP) is 1.86. The van der Waals surface area contributed by atoms with E-state index in [0.717, 1.165) is 17.1 Å². The van der Waals surface area contributed by atoms with Gasteiger partial charge in [0.2, 0.25) is 0 Å². The van der Waals surface area contributed by atoms with Crippen LogP contribution in [0.4, 0.5) is 5.69 Å². The molecule has 0 amide bonds. The summed E-state index contributed by atoms with van der Waals surface area (Å²) in [5, 5.41) is 6.34. The zero-order valence-corrected chi connectivity index (χ0v) is 7.34. The Bertz CT molecular complexity index is 424. The van der Waals surface area contributed by atoms with Crippen LogP contribution in [0.5, 0.6) is 0 Å². The lowest BCUT2D eigenvalue weighted by atomic mass is 10.2. The van der Waals surface area contributed by atoms with E-state index in [-0.39, 0.29) is 0 Å². The second kappa shape index (κ2) is 2.01. The summed E-state index contributed by atoms with van der Waals surface area (Å²) < 4.78 is 1.91. The Morgan fingerprint density at radius 3 is 3.17 bits per heavy atom. The van der Waals surface area contributed by atoms with Gasteiger partial charge in [-0.25, -0.2) is 0 Å². The molecule has 1 aliphatic rings. The molecule has 1 fully saturated rings. The summed E-state index contributed by atoms with van der Waals surface area (Å²) in [4.78, 5) is 0. The summed E-state index contributed by atoms with van der Waals surface area (Å²) in [6, 6.07) is 0. The van der Waals surface area contributed by atoms with E-state index in [0.29, 0.717) is 0 Å². The summed E-state index contributed by atoms with van der Waals surface area (Å²) in [7, 11) is 0. The van der Waals surface area contributed by atoms with Crippen LogP contribution >= 0.6 is 11.5 Å². The van der Waals surface area contributed by atoms with Gasteiger partial charge >= 0.3 is 0 Å². The second-order valence-corrected chi connectivity index (χ2v) is 4.07. The Hall–Kier alpha value is -1.03. The normalized spacial score (nSPS) is 17.3. The van der Waals surface area contributed by atoms with Crippen LogP contribution < -0.4 is 5.73 Å². The molecule has 0 aliphatic heterocycles. The quantitative estimate of drug-likeness (QED) is 0.726. The van der Waals surface area contributed by atoms with Crippen molar-refractivity contribution in [2.75, 3.05) is 5.73 Å². The fourth-order valence-corrected chi connectivity index (χ4v) is 2.48. The molecule has 1 saturated carbocycles. The molecule has 0 bridgehead atoms. The van der Waals surface area contributed by atoms with Crippen molar-refractivity contribution in [1.29, 1.82) is 0 Å². The molecule has 0 aromatic carbocycles. The van der Waals surface area contributed by atoms with E-state index in [4.69, 9.17) is 5.73 Å². The van der Waals surface area contributed by atoms with E-state index in [2.05, 4.69) is 10.5 Å². The molecule has 2 N–H and O–H groups in total. The number of nitrogens with two attached hydrogens (primary N) is 1. The Morgan fingerprint density at radius 1 is 1.58 bits per heavy atom. The van der Waals surface area contributed by atoms with Gasteiger partial charge in [-0.1, -0.05) is 0 Å². The molecule has 0 radical (unpaired) electrons. The SMILES string of the molecule is Nc1cnn2scc(C3CC3)c12. The van der Waals surface area contributed by atoms with Crippen molar-refractivity contribution in [2.45, 2.75) is 18.8 Å². The zero-order chi connectivity index (χ0) is 8.13. The number of hydrogen-bond donors (Lipinski definition) is 1. The molecule has 12 heavy (non-hydrogen) atoms. The molecule has 0 spiro atoms. The van der Waals surface area contributed by atoms with Crippen molar-refractivity contribution in [3.63, 3.8) is 0 Å². The summed E-state index contributed by atoms with van der Waals surface area (Å²) in [6.45, 7) is 0. The number of nitrogen functional groups attached to an aromatic ring is 1. The minimum absolute atomic E-state index is 0.762. The van der Waals surface area contributed by atoms with Crippen LogP contribution in [-0.2, 0) is 0 Å². The summed E-state index contributed by atoms with van der Waals surface area (Å²) in [5.41, 5.74) is 9.17. The Balaban J connectivity index is 2.33. The van der Waals surface area contributed by atoms with Crippen LogP contribution in [0.25, 0.3) is 5.52 Å². The topological polar surface area (TPSA) is 43.3 Å². The van der Waals surface area contributed by atoms with Crippen molar-refractivity contribution >= 4 is 22.7 Å². The van der Waals surface area contributed by atoms with Crippen LogP contribution in [0.3, 0.4) is 0 Å². The molecule has 3 rings (SSSR count). The van der Waals surface area contributed by atoms with Gasteiger partial charge in [-0.15, -0.1) is 0 Å². The lowest BCUT2D eigenvalue weighted by Gasteiger charge is -1.90. The highest BCUT2D eigenvalue weighted by Crippen LogP contribution is 2.44. The van der Waals surface area contributed by atoms with E-state index >= 15 is 0 Å². The first-order chi connectivity index (χ1) is 5.86. The van der Waals surface area contributed by atoms with Gasteiger partial charge in [-0.05, 0) is 35.9 Å². The summed E-state index contributed by atoms with van der Waals surface area (Å²) in [6.07, 6.45) is 4.37. The summed E-state index contributed by atoms with van der Waals surface area (Å²) >= 11 is 1.63. The third-order valence-corrected chi connectivity index (χ3v) is 3.17. The number of fused-ring (bicyclic) bond motifs is 1. The van der Waals surface area contributed by atoms with Crippen LogP contribution in [0.15, 0.2) is 11.6 Å². The van der Waals surface area contributed by atoms with Gasteiger partial charge in [-0.3, -0.25) is 0 Å². The molecule has 0 unspecified atom stereocenters. The van der Waals surface area contributed by atoms with Crippen molar-refractivity contribution in [3.05, 3.63) is 17.1 Å². The van der Waals surface area contributed by atoms with Gasteiger partial charge in [0, 0.05) is 5.38 Å². The van der Waals surface area contributed by atoms with E-state index in [1.807, 2.05) is 3.90 Å². The molecule has 4 heteroatoms. The first-order valence-electron chi connectivity index (χ1n) is 4.07. The average molecular weight is 179 g/mol. The van der Waals surface area contributed by atoms with Crippen molar-refractivity contribution in [1.82, 2.24) is 9.00 Å². The molecule has 0 saturated heterocycles. The molecular formula is C8H9N3S. The molecule has 0 atom stereocenters. The van der Waals surface area contributed by atoms with Crippen molar-refractivity contribution in [3.8, 4) is 0 Å². The fourth-order valence-electron chi connectivity index (χ4n) is 1.55. The third kappa shape index (κ3) is 0.728. The molecule has 62 valence electrons. The van der Waals surface area contributed by atoms with E-state index in [9.17, 15) is 0 Å². The largest absolute Gasteiger partial charge is 0.396 e. The Kier molecular flexibility index (Phi) is 1.09. The number of anilines is 1. The van der Waals surface area contributed by atoms with Crippen LogP contribution in [0, 0.1) is 0 Å². The molecule has 2 aromatic rings. The predicted molar refractivity (Wildman–Crippen MR) is 49.5 cm³/mol. The standard InChI is InChI=1S/C8H9N3S/c9-7-3-10-11-8(7)6(4-12-11)5-1-2-5/h3-5H,1-2,9H2. The number of aromatic nitrogens is 2. The van der Waals surface area contributed by atoms with Gasteiger partial charge < -0.3 is 5.73 Å². The third-order valence-electron chi connectivity index (χ3n) is 2.34. The molecule has 3 nitrogen and oxygen atoms in total. The lowest BCUT2D eigenvalue weighted by Crippen LogP contribution is -1.84. The van der Waals surface area contributed by atoms with Gasteiger partial charge in [0.15, 0.2) is 0 Å². The van der Waals surface area contributed by atoms with Gasteiger partial charge in [0.25, 0.3) is 0 Å². The van der Waals surface area contributed by atoms with Crippen molar-refractivity contribution in [2.24, 2.45) is 0 Å². The Morgan fingerprint density at radius 2 is 2.42 bits per heavy atom. The van der Waals surface area contributed by atoms with Crippen LogP contribution in [0.1, 0.15) is 24.3 Å². The van der Waals surface area contributed by atoms with Gasteiger partial charge in [0.1, 0.15) is 5.52 Å². The van der Waals surface area contributed by atoms with Gasteiger partial charge in [-0.2, -0.15) is 9.00 Å². The van der Waals surface area contributed by atoms with E-state index in [1.165, 1.54) is 18.4 Å². The average Bonchev–Trinajstić information content (AvgIpc) is 2.71. The maximum absolute atomic E-state index is 5.81. The lowest BCUT2D eigenvalue weighted by molar-refractivity contribution is 1.05. The number of hydrogen-bond acceptors (Lipinski definition) is 3. The zero-order valence-electron chi connectivity index (χ0n) is 6.53. The first-order valence-corrected chi connectivity index (χ1v) is 4.91. The monoisotopic (exact) mass is 179 g/mol. The molecule has 1 aliphatic carbocycles. The molecule has 2 aromatic heterocycles. The van der Waals surface area contributed by atoms with Crippen LogP contribution in [0.2, 0.25) is 0 Å². The highest BCUT2D eigenvalue weighted by molar-refractivity contribution is 7.04. The smallest absolute Gasteiger partial charge is 0.106 e. The Labute approximate surface area is 73.9 Å². The number of rotatable bonds is 1. The minimum Gasteiger partial charge on any atom is -0.396 e. The van der Waals surface area contributed by atoms with Crippen molar-refractivity contribution < 1.29 is 0 Å². The second-order valence-electron chi connectivity index (χ2n) is 3.27. The minimum atomic E-state index is 0.762. The summed E-state index contributed by atoms with van der Waals surface area (Å²) in [5.74, 6) is 0.762. The first kappa shape index (κ1) is 6.48. The van der Waals surface area contributed by atoms with E-state index < -0.39 is 0 Å². The highest BCUT2D eigenvalue weighted by atomic mass is 32.1. The van der Waals surface area contributed by atoms with Crippen LogP contribution in [-0.4, -0.2) is 9.00 Å². The number of nitrogens with zero attached hydrogens (tertiary/aromatic N) is 2. The molecule has 2 heterocycles. The maximum atomic E-state index is 5.81. The molecular weight excluding hydrogens is 170 g/mol. The van der Waals surface area contributed by atoms with E-state index in [1.54, 1.807) is 17.7 Å². The fraction of sp³-hybridized carbons (Fsp3) is 0.375. The van der Waals surface area contributed by atoms with Gasteiger partial charge in [0.05, 0.1) is 11.9 Å².